The molecule has 0 aliphatic heterocycles. The fourth-order valence-electron chi connectivity index (χ4n) is 1.85. The molecule has 0 saturated carbocycles. The Balaban J connectivity index is 2.33. The van der Waals surface area contributed by atoms with Crippen LogP contribution in [0.5, 0.6) is 0 Å². The minimum atomic E-state index is -0.852. The van der Waals surface area contributed by atoms with Crippen molar-refractivity contribution in [1.82, 2.24) is 0 Å². The highest BCUT2D eigenvalue weighted by Crippen LogP contribution is 2.14. The van der Waals surface area contributed by atoms with Gasteiger partial charge in [0.2, 0.25) is 0 Å². The molecule has 1 atom stereocenters. The van der Waals surface area contributed by atoms with Crippen molar-refractivity contribution in [2.24, 2.45) is 5.92 Å². The molecule has 1 unspecified atom stereocenters. The van der Waals surface area contributed by atoms with E-state index in [1.807, 2.05) is 0 Å². The van der Waals surface area contributed by atoms with Crippen LogP contribution in [0.25, 0.3) is 0 Å². The number of carbonyl (C=O) groups is 1. The molecule has 5 heteroatoms. The molecule has 0 heterocycles. The predicted molar refractivity (Wildman–Crippen MR) is 73.2 cm³/mol. The van der Waals surface area contributed by atoms with Crippen LogP contribution < -0.4 is 0 Å². The van der Waals surface area contributed by atoms with E-state index in [-0.39, 0.29) is 5.82 Å². The zero-order chi connectivity index (χ0) is 14.8. The summed E-state index contributed by atoms with van der Waals surface area (Å²) >= 11 is 0. The van der Waals surface area contributed by atoms with Crippen LogP contribution in [0.15, 0.2) is 24.3 Å². The van der Waals surface area contributed by atoms with Gasteiger partial charge in [-0.1, -0.05) is 12.1 Å². The Kier molecular flexibility index (Phi) is 7.84. The van der Waals surface area contributed by atoms with Gasteiger partial charge >= 0.3 is 5.97 Å². The SMILES string of the molecule is COCCCOCCC(Cc1ccc(F)cc1)C(=O)O. The molecule has 0 amide bonds. The lowest BCUT2D eigenvalue weighted by atomic mass is 9.97. The molecule has 0 bridgehead atoms. The summed E-state index contributed by atoms with van der Waals surface area (Å²) in [6, 6.07) is 5.92. The molecule has 0 aliphatic carbocycles. The first-order chi connectivity index (χ1) is 9.63. The molecule has 0 saturated heterocycles. The third-order valence-electron chi connectivity index (χ3n) is 2.99. The molecule has 1 N–H and O–H groups in total. The summed E-state index contributed by atoms with van der Waals surface area (Å²) in [5, 5.41) is 9.18. The van der Waals surface area contributed by atoms with Crippen molar-refractivity contribution < 1.29 is 23.8 Å². The van der Waals surface area contributed by atoms with Crippen LogP contribution in [-0.4, -0.2) is 38.0 Å². The van der Waals surface area contributed by atoms with Gasteiger partial charge in [0.15, 0.2) is 0 Å². The summed E-state index contributed by atoms with van der Waals surface area (Å²) in [7, 11) is 1.63. The van der Waals surface area contributed by atoms with E-state index >= 15 is 0 Å². The largest absolute Gasteiger partial charge is 0.481 e. The Hall–Kier alpha value is -1.46. The molecule has 4 nitrogen and oxygen atoms in total. The first kappa shape index (κ1) is 16.6. The number of benzene rings is 1. The topological polar surface area (TPSA) is 55.8 Å². The Morgan fingerprint density at radius 3 is 2.55 bits per heavy atom. The van der Waals surface area contributed by atoms with Gasteiger partial charge in [0.25, 0.3) is 0 Å². The number of hydrogen-bond acceptors (Lipinski definition) is 3. The third kappa shape index (κ3) is 6.63. The second-order valence-electron chi connectivity index (χ2n) is 4.61. The second-order valence-corrected chi connectivity index (χ2v) is 4.61. The van der Waals surface area contributed by atoms with Crippen molar-refractivity contribution in [3.05, 3.63) is 35.6 Å². The van der Waals surface area contributed by atoms with Gasteiger partial charge < -0.3 is 14.6 Å². The lowest BCUT2D eigenvalue weighted by Crippen LogP contribution is -2.19. The van der Waals surface area contributed by atoms with E-state index < -0.39 is 11.9 Å². The summed E-state index contributed by atoms with van der Waals surface area (Å²) in [6.45, 7) is 1.61. The highest BCUT2D eigenvalue weighted by atomic mass is 19.1. The molecular weight excluding hydrogens is 263 g/mol. The number of aliphatic carboxylic acids is 1. The van der Waals surface area contributed by atoms with Gasteiger partial charge in [-0.2, -0.15) is 0 Å². The van der Waals surface area contributed by atoms with Gasteiger partial charge in [-0.3, -0.25) is 4.79 Å². The van der Waals surface area contributed by atoms with Crippen LogP contribution in [0.1, 0.15) is 18.4 Å². The minimum Gasteiger partial charge on any atom is -0.481 e. The Bertz CT molecular complexity index is 391. The van der Waals surface area contributed by atoms with Crippen molar-refractivity contribution in [3.63, 3.8) is 0 Å². The summed E-state index contributed by atoms with van der Waals surface area (Å²) < 4.78 is 23.0. The lowest BCUT2D eigenvalue weighted by molar-refractivity contribution is -0.142. The number of carboxylic acids is 1. The number of hydrogen-bond donors (Lipinski definition) is 1. The lowest BCUT2D eigenvalue weighted by Gasteiger charge is -2.12. The maximum Gasteiger partial charge on any atom is 0.306 e. The van der Waals surface area contributed by atoms with Crippen LogP contribution >= 0.6 is 0 Å². The number of methoxy groups -OCH3 is 1. The fraction of sp³-hybridized carbons (Fsp3) is 0.533. The van der Waals surface area contributed by atoms with Gasteiger partial charge in [-0.25, -0.2) is 4.39 Å². The average molecular weight is 284 g/mol. The van der Waals surface area contributed by atoms with Crippen molar-refractivity contribution in [1.29, 1.82) is 0 Å². The number of ether oxygens (including phenoxy) is 2. The Morgan fingerprint density at radius 2 is 1.95 bits per heavy atom. The van der Waals surface area contributed by atoms with Crippen molar-refractivity contribution in [3.8, 4) is 0 Å². The van der Waals surface area contributed by atoms with Crippen molar-refractivity contribution in [2.45, 2.75) is 19.3 Å². The maximum absolute atomic E-state index is 12.8. The van der Waals surface area contributed by atoms with Gasteiger partial charge in [-0.15, -0.1) is 0 Å². The van der Waals surface area contributed by atoms with Gasteiger partial charge in [0.1, 0.15) is 5.82 Å². The zero-order valence-electron chi connectivity index (χ0n) is 11.7. The van der Waals surface area contributed by atoms with Crippen molar-refractivity contribution >= 4 is 5.97 Å². The number of carboxylic acid groups (broad SMARTS) is 1. The normalized spacial score (nSPS) is 12.3. The molecule has 1 aromatic carbocycles. The molecule has 0 aromatic heterocycles. The monoisotopic (exact) mass is 284 g/mol. The van der Waals surface area contributed by atoms with E-state index in [0.29, 0.717) is 32.7 Å². The molecule has 112 valence electrons. The van der Waals surface area contributed by atoms with Crippen LogP contribution in [0, 0.1) is 11.7 Å². The minimum absolute atomic E-state index is 0.317. The van der Waals surface area contributed by atoms with Crippen molar-refractivity contribution in [2.75, 3.05) is 26.9 Å². The summed E-state index contributed by atoms with van der Waals surface area (Å²) in [6.07, 6.45) is 1.63. The van der Waals surface area contributed by atoms with Crippen LogP contribution in [-0.2, 0) is 20.7 Å². The van der Waals surface area contributed by atoms with Crippen LogP contribution in [0.2, 0.25) is 0 Å². The summed E-state index contributed by atoms with van der Waals surface area (Å²) in [5.74, 6) is -1.68. The predicted octanol–water partition coefficient (Wildman–Crippen LogP) is 2.51. The maximum atomic E-state index is 12.8. The van der Waals surface area contributed by atoms with E-state index in [4.69, 9.17) is 9.47 Å². The number of halogens is 1. The first-order valence-electron chi connectivity index (χ1n) is 6.67. The quantitative estimate of drug-likeness (QED) is 0.671. The second kappa shape index (κ2) is 9.44. The standard InChI is InChI=1S/C15H21FO4/c1-19-8-2-9-20-10-7-13(15(17)18)11-12-3-5-14(16)6-4-12/h3-6,13H,2,7-11H2,1H3,(H,17,18). The summed E-state index contributed by atoms with van der Waals surface area (Å²) in [5.41, 5.74) is 0.818. The molecule has 1 rings (SSSR count). The molecule has 0 radical (unpaired) electrons. The van der Waals surface area contributed by atoms with Gasteiger partial charge in [0, 0.05) is 26.9 Å². The smallest absolute Gasteiger partial charge is 0.306 e. The molecule has 1 aromatic rings. The molecule has 0 spiro atoms. The van der Waals surface area contributed by atoms with E-state index in [0.717, 1.165) is 12.0 Å². The molecule has 0 aliphatic rings. The van der Waals surface area contributed by atoms with E-state index in [2.05, 4.69) is 0 Å². The third-order valence-corrected chi connectivity index (χ3v) is 2.99. The Labute approximate surface area is 118 Å². The fourth-order valence-corrected chi connectivity index (χ4v) is 1.85. The van der Waals surface area contributed by atoms with Crippen LogP contribution in [0.4, 0.5) is 4.39 Å². The molecule has 0 fully saturated rings. The number of rotatable bonds is 10. The molecular formula is C15H21FO4. The van der Waals surface area contributed by atoms with E-state index in [1.165, 1.54) is 12.1 Å². The van der Waals surface area contributed by atoms with E-state index in [9.17, 15) is 14.3 Å². The first-order valence-corrected chi connectivity index (χ1v) is 6.67. The highest BCUT2D eigenvalue weighted by molar-refractivity contribution is 5.70. The van der Waals surface area contributed by atoms with Gasteiger partial charge in [0.05, 0.1) is 5.92 Å². The Morgan fingerprint density at radius 1 is 1.25 bits per heavy atom. The highest BCUT2D eigenvalue weighted by Gasteiger charge is 2.17. The zero-order valence-corrected chi connectivity index (χ0v) is 11.7. The molecule has 20 heavy (non-hydrogen) atoms. The van der Waals surface area contributed by atoms with Gasteiger partial charge in [-0.05, 0) is 37.0 Å². The van der Waals surface area contributed by atoms with E-state index in [1.54, 1.807) is 19.2 Å². The van der Waals surface area contributed by atoms with Crippen LogP contribution in [0.3, 0.4) is 0 Å². The summed E-state index contributed by atoms with van der Waals surface area (Å²) in [4.78, 5) is 11.2. The average Bonchev–Trinajstić information content (AvgIpc) is 2.43.